The van der Waals surface area contributed by atoms with Gasteiger partial charge in [0.25, 0.3) is 0 Å². The first kappa shape index (κ1) is 5.91. The van der Waals surface area contributed by atoms with Crippen molar-refractivity contribution in [1.29, 1.82) is 0 Å². The zero-order valence-electron chi connectivity index (χ0n) is 4.09. The molecule has 0 aromatic heterocycles. The van der Waals surface area contributed by atoms with Gasteiger partial charge in [-0.3, -0.25) is 4.18 Å². The van der Waals surface area contributed by atoms with Gasteiger partial charge in [0, 0.05) is 0 Å². The molecule has 0 radical (unpaired) electrons. The molecule has 46 valence electrons. The average molecular weight is 136 g/mol. The van der Waals surface area contributed by atoms with Gasteiger partial charge < -0.3 is 0 Å². The molecule has 0 saturated heterocycles. The summed E-state index contributed by atoms with van der Waals surface area (Å²) >= 11 is -1.79. The van der Waals surface area contributed by atoms with E-state index in [0.29, 0.717) is 13.0 Å². The normalized spacial score (nSPS) is 29.6. The van der Waals surface area contributed by atoms with Gasteiger partial charge in [0.15, 0.2) is 0 Å². The molecule has 0 aliphatic carbocycles. The van der Waals surface area contributed by atoms with E-state index in [-0.39, 0.29) is 0 Å². The van der Waals surface area contributed by atoms with Gasteiger partial charge in [0.1, 0.15) is 0 Å². The van der Waals surface area contributed by atoms with Crippen LogP contribution in [-0.4, -0.2) is 10.8 Å². The molecule has 1 heterocycles. The van der Waals surface area contributed by atoms with Crippen molar-refractivity contribution < 1.29 is 12.8 Å². The van der Waals surface area contributed by atoms with Crippen molar-refractivity contribution in [3.63, 3.8) is 0 Å². The fourth-order valence-electron chi connectivity index (χ4n) is 0.421. The molecule has 0 aromatic carbocycles. The summed E-state index contributed by atoms with van der Waals surface area (Å²) in [6, 6.07) is 0. The monoisotopic (exact) mass is 136 g/mol. The third-order valence-corrected chi connectivity index (χ3v) is 1.64. The smallest absolute Gasteiger partial charge is 0.218 e. The third kappa shape index (κ3) is 1.14. The van der Waals surface area contributed by atoms with Crippen molar-refractivity contribution in [2.24, 2.45) is 0 Å². The Hall–Kier alpha value is -0.220. The first-order valence-electron chi connectivity index (χ1n) is 2.21. The highest BCUT2D eigenvalue weighted by Gasteiger charge is 2.10. The summed E-state index contributed by atoms with van der Waals surface area (Å²) in [5, 5.41) is -0.656. The summed E-state index contributed by atoms with van der Waals surface area (Å²) in [7, 11) is 0. The molecule has 2 nitrogen and oxygen atoms in total. The van der Waals surface area contributed by atoms with Gasteiger partial charge in [-0.1, -0.05) is 0 Å². The van der Waals surface area contributed by atoms with Crippen LogP contribution in [0.25, 0.3) is 0 Å². The Morgan fingerprint density at radius 3 is 3.00 bits per heavy atom. The van der Waals surface area contributed by atoms with E-state index in [1.807, 2.05) is 0 Å². The van der Waals surface area contributed by atoms with E-state index in [1.54, 1.807) is 0 Å². The van der Waals surface area contributed by atoms with Crippen molar-refractivity contribution in [1.82, 2.24) is 0 Å². The second-order valence-electron chi connectivity index (χ2n) is 1.35. The zero-order chi connectivity index (χ0) is 5.98. The standard InChI is InChI=1S/C4H5FO2S/c5-4-2-1-3-7-8(4)6/h2H,1,3H2. The quantitative estimate of drug-likeness (QED) is 0.494. The molecule has 1 aliphatic heterocycles. The lowest BCUT2D eigenvalue weighted by Crippen LogP contribution is -2.03. The van der Waals surface area contributed by atoms with Crippen LogP contribution < -0.4 is 0 Å². The van der Waals surface area contributed by atoms with Crippen LogP contribution in [0.3, 0.4) is 0 Å². The fraction of sp³-hybridized carbons (Fsp3) is 0.500. The summed E-state index contributed by atoms with van der Waals surface area (Å²) < 4.78 is 26.7. The lowest BCUT2D eigenvalue weighted by molar-refractivity contribution is 0.343. The fourth-order valence-corrected chi connectivity index (χ4v) is 1.03. The third-order valence-electron chi connectivity index (χ3n) is 0.772. The van der Waals surface area contributed by atoms with Crippen LogP contribution in [0.4, 0.5) is 4.39 Å². The Kier molecular flexibility index (Phi) is 1.75. The predicted molar refractivity (Wildman–Crippen MR) is 27.9 cm³/mol. The van der Waals surface area contributed by atoms with Gasteiger partial charge in [0.2, 0.25) is 16.2 Å². The molecule has 0 bridgehead atoms. The molecule has 0 aromatic rings. The largest absolute Gasteiger partial charge is 0.285 e. The van der Waals surface area contributed by atoms with Gasteiger partial charge in [-0.15, -0.1) is 0 Å². The van der Waals surface area contributed by atoms with E-state index in [9.17, 15) is 8.60 Å². The van der Waals surface area contributed by atoms with E-state index in [4.69, 9.17) is 0 Å². The van der Waals surface area contributed by atoms with Crippen molar-refractivity contribution in [2.75, 3.05) is 6.61 Å². The van der Waals surface area contributed by atoms with Crippen LogP contribution in [0, 0.1) is 0 Å². The number of hydrogen-bond donors (Lipinski definition) is 0. The zero-order valence-corrected chi connectivity index (χ0v) is 4.91. The van der Waals surface area contributed by atoms with Crippen LogP contribution in [0.1, 0.15) is 6.42 Å². The van der Waals surface area contributed by atoms with Crippen molar-refractivity contribution in [2.45, 2.75) is 6.42 Å². The minimum Gasteiger partial charge on any atom is -0.285 e. The Balaban J connectivity index is 2.67. The average Bonchev–Trinajstić information content (AvgIpc) is 1.77. The lowest BCUT2D eigenvalue weighted by atomic mass is 10.5. The van der Waals surface area contributed by atoms with Gasteiger partial charge in [-0.25, -0.2) is 4.21 Å². The molecule has 0 spiro atoms. The van der Waals surface area contributed by atoms with Crippen molar-refractivity contribution in [3.8, 4) is 0 Å². The van der Waals surface area contributed by atoms with Gasteiger partial charge >= 0.3 is 0 Å². The second kappa shape index (κ2) is 2.37. The van der Waals surface area contributed by atoms with E-state index >= 15 is 0 Å². The highest BCUT2D eigenvalue weighted by Crippen LogP contribution is 2.11. The molecule has 1 rings (SSSR count). The first-order valence-corrected chi connectivity index (χ1v) is 3.29. The topological polar surface area (TPSA) is 26.3 Å². The minimum atomic E-state index is -1.79. The van der Waals surface area contributed by atoms with Gasteiger partial charge in [-0.05, 0) is 12.5 Å². The van der Waals surface area contributed by atoms with E-state index in [2.05, 4.69) is 4.18 Å². The molecule has 4 heteroatoms. The Bertz CT molecular complexity index is 143. The summed E-state index contributed by atoms with van der Waals surface area (Å²) in [5.74, 6) is 0. The highest BCUT2D eigenvalue weighted by atomic mass is 32.2. The predicted octanol–water partition coefficient (Wildman–Crippen LogP) is 0.881. The Morgan fingerprint density at radius 2 is 2.62 bits per heavy atom. The molecule has 0 N–H and O–H groups in total. The summed E-state index contributed by atoms with van der Waals surface area (Å²) in [4.78, 5) is 0. The SMILES string of the molecule is O=S1OCCC=C1F. The Labute approximate surface area is 49.0 Å². The molecular weight excluding hydrogens is 131 g/mol. The van der Waals surface area contributed by atoms with Crippen LogP contribution >= 0.6 is 0 Å². The van der Waals surface area contributed by atoms with E-state index in [0.717, 1.165) is 0 Å². The van der Waals surface area contributed by atoms with Crippen molar-refractivity contribution in [3.05, 3.63) is 11.2 Å². The number of hydrogen-bond acceptors (Lipinski definition) is 2. The molecule has 1 aliphatic rings. The number of halogens is 1. The maximum absolute atomic E-state index is 12.0. The van der Waals surface area contributed by atoms with Crippen LogP contribution in [0.15, 0.2) is 11.2 Å². The number of rotatable bonds is 0. The molecule has 8 heavy (non-hydrogen) atoms. The van der Waals surface area contributed by atoms with Crippen molar-refractivity contribution >= 4 is 11.1 Å². The van der Waals surface area contributed by atoms with Gasteiger partial charge in [0.05, 0.1) is 6.61 Å². The van der Waals surface area contributed by atoms with Crippen LogP contribution in [0.2, 0.25) is 0 Å². The van der Waals surface area contributed by atoms with E-state index < -0.39 is 16.2 Å². The highest BCUT2D eigenvalue weighted by molar-refractivity contribution is 7.84. The summed E-state index contributed by atoms with van der Waals surface area (Å²) in [6.07, 6.45) is 1.80. The molecule has 1 atom stereocenters. The summed E-state index contributed by atoms with van der Waals surface area (Å²) in [6.45, 7) is 0.361. The van der Waals surface area contributed by atoms with Crippen LogP contribution in [0.5, 0.6) is 0 Å². The minimum absolute atomic E-state index is 0.361. The van der Waals surface area contributed by atoms with Gasteiger partial charge in [-0.2, -0.15) is 4.39 Å². The Morgan fingerprint density at radius 1 is 1.88 bits per heavy atom. The maximum Gasteiger partial charge on any atom is 0.218 e. The second-order valence-corrected chi connectivity index (χ2v) is 2.45. The molecule has 0 fully saturated rings. The first-order chi connectivity index (χ1) is 3.80. The summed E-state index contributed by atoms with van der Waals surface area (Å²) in [5.41, 5.74) is 0. The maximum atomic E-state index is 12.0. The molecular formula is C4H5FO2S. The lowest BCUT2D eigenvalue weighted by Gasteiger charge is -2.03. The van der Waals surface area contributed by atoms with E-state index in [1.165, 1.54) is 6.08 Å². The molecule has 0 saturated carbocycles. The molecule has 1 unspecified atom stereocenters. The molecule has 0 amide bonds. The van der Waals surface area contributed by atoms with Crippen LogP contribution in [-0.2, 0) is 15.3 Å².